The maximum absolute atomic E-state index is 11.6. The van der Waals surface area contributed by atoms with Crippen molar-refractivity contribution in [1.82, 2.24) is 5.32 Å². The largest absolute Gasteiger partial charge is 0.462 e. The van der Waals surface area contributed by atoms with Crippen LogP contribution in [0.2, 0.25) is 0 Å². The summed E-state index contributed by atoms with van der Waals surface area (Å²) in [5.41, 5.74) is 6.29. The Hall–Kier alpha value is -2.30. The molecule has 0 aliphatic carbocycles. The zero-order chi connectivity index (χ0) is 13.4. The van der Waals surface area contributed by atoms with Gasteiger partial charge in [0.15, 0.2) is 0 Å². The molecular formula is C13H16N2O3. The normalized spacial score (nSPS) is 9.56. The molecule has 0 heterocycles. The van der Waals surface area contributed by atoms with Gasteiger partial charge in [0.1, 0.15) is 0 Å². The van der Waals surface area contributed by atoms with Crippen LogP contribution in [0.3, 0.4) is 0 Å². The van der Waals surface area contributed by atoms with Gasteiger partial charge in [-0.25, -0.2) is 9.59 Å². The highest BCUT2D eigenvalue weighted by molar-refractivity contribution is 5.89. The van der Waals surface area contributed by atoms with Crippen molar-refractivity contribution >= 4 is 12.0 Å². The maximum atomic E-state index is 11.6. The molecule has 3 N–H and O–H groups in total. The number of urea groups is 1. The molecule has 2 amide bonds. The number of rotatable bonds is 6. The van der Waals surface area contributed by atoms with E-state index < -0.39 is 6.03 Å². The van der Waals surface area contributed by atoms with E-state index in [2.05, 4.69) is 11.9 Å². The Balaban J connectivity index is 2.51. The number of esters is 1. The van der Waals surface area contributed by atoms with Crippen molar-refractivity contribution in [2.24, 2.45) is 5.73 Å². The van der Waals surface area contributed by atoms with Crippen molar-refractivity contribution in [2.75, 3.05) is 6.61 Å². The summed E-state index contributed by atoms with van der Waals surface area (Å²) in [6.45, 7) is 4.20. The minimum Gasteiger partial charge on any atom is -0.462 e. The molecule has 5 heteroatoms. The van der Waals surface area contributed by atoms with Crippen LogP contribution in [0.25, 0.3) is 0 Å². The van der Waals surface area contributed by atoms with Crippen LogP contribution >= 0.6 is 0 Å². The molecular weight excluding hydrogens is 232 g/mol. The summed E-state index contributed by atoms with van der Waals surface area (Å²) in [6.07, 6.45) is 2.32. The minimum absolute atomic E-state index is 0.327. The van der Waals surface area contributed by atoms with E-state index >= 15 is 0 Å². The SMILES string of the molecule is C=CCCOC(=O)c1ccc(CNC(N)=O)cc1. The number of hydrogen-bond acceptors (Lipinski definition) is 3. The van der Waals surface area contributed by atoms with Gasteiger partial charge in [-0.05, 0) is 24.1 Å². The lowest BCUT2D eigenvalue weighted by atomic mass is 10.1. The molecule has 0 aromatic heterocycles. The van der Waals surface area contributed by atoms with Crippen molar-refractivity contribution < 1.29 is 14.3 Å². The van der Waals surface area contributed by atoms with Crippen LogP contribution < -0.4 is 11.1 Å². The van der Waals surface area contributed by atoms with Gasteiger partial charge in [0.2, 0.25) is 0 Å². The first-order valence-electron chi connectivity index (χ1n) is 5.53. The highest BCUT2D eigenvalue weighted by atomic mass is 16.5. The quantitative estimate of drug-likeness (QED) is 0.455. The number of nitrogens with two attached hydrogens (primary N) is 1. The molecule has 18 heavy (non-hydrogen) atoms. The van der Waals surface area contributed by atoms with Crippen LogP contribution in [0, 0.1) is 0 Å². The fourth-order valence-corrected chi connectivity index (χ4v) is 1.27. The second-order valence-electron chi connectivity index (χ2n) is 3.63. The summed E-state index contributed by atoms with van der Waals surface area (Å²) < 4.78 is 5.01. The molecule has 0 unspecified atom stereocenters. The van der Waals surface area contributed by atoms with Gasteiger partial charge in [0, 0.05) is 6.54 Å². The van der Waals surface area contributed by atoms with Crippen molar-refractivity contribution in [3.63, 3.8) is 0 Å². The number of hydrogen-bond donors (Lipinski definition) is 2. The van der Waals surface area contributed by atoms with Gasteiger partial charge in [0.05, 0.1) is 12.2 Å². The lowest BCUT2D eigenvalue weighted by molar-refractivity contribution is 0.0511. The second kappa shape index (κ2) is 7.11. The van der Waals surface area contributed by atoms with E-state index in [9.17, 15) is 9.59 Å². The molecule has 0 fully saturated rings. The second-order valence-corrected chi connectivity index (χ2v) is 3.63. The first kappa shape index (κ1) is 13.8. The first-order chi connectivity index (χ1) is 8.63. The number of carbonyl (C=O) groups excluding carboxylic acids is 2. The van der Waals surface area contributed by atoms with Gasteiger partial charge in [-0.3, -0.25) is 0 Å². The van der Waals surface area contributed by atoms with E-state index in [0.717, 1.165) is 5.56 Å². The molecule has 0 aliphatic heterocycles. The average molecular weight is 248 g/mol. The number of carbonyl (C=O) groups is 2. The van der Waals surface area contributed by atoms with Gasteiger partial charge < -0.3 is 15.8 Å². The zero-order valence-corrected chi connectivity index (χ0v) is 10.0. The van der Waals surface area contributed by atoms with Crippen LogP contribution in [-0.4, -0.2) is 18.6 Å². The maximum Gasteiger partial charge on any atom is 0.338 e. The molecule has 0 saturated heterocycles. The lowest BCUT2D eigenvalue weighted by Gasteiger charge is -2.05. The highest BCUT2D eigenvalue weighted by Gasteiger charge is 2.06. The van der Waals surface area contributed by atoms with E-state index in [1.165, 1.54) is 0 Å². The summed E-state index contributed by atoms with van der Waals surface area (Å²) in [4.78, 5) is 22.1. The molecule has 1 rings (SSSR count). The highest BCUT2D eigenvalue weighted by Crippen LogP contribution is 2.06. The fourth-order valence-electron chi connectivity index (χ4n) is 1.27. The number of ether oxygens (including phenoxy) is 1. The number of primary amides is 1. The molecule has 1 aromatic carbocycles. The van der Waals surface area contributed by atoms with Crippen molar-refractivity contribution in [1.29, 1.82) is 0 Å². The Morgan fingerprint density at radius 2 is 2.00 bits per heavy atom. The summed E-state index contributed by atoms with van der Waals surface area (Å²) in [5.74, 6) is -0.369. The van der Waals surface area contributed by atoms with E-state index in [0.29, 0.717) is 25.1 Å². The molecule has 0 atom stereocenters. The predicted octanol–water partition coefficient (Wildman–Crippen LogP) is 1.59. The van der Waals surface area contributed by atoms with Crippen LogP contribution in [-0.2, 0) is 11.3 Å². The van der Waals surface area contributed by atoms with Crippen LogP contribution in [0.5, 0.6) is 0 Å². The Bertz CT molecular complexity index is 426. The Kier molecular flexibility index (Phi) is 5.44. The van der Waals surface area contributed by atoms with Crippen molar-refractivity contribution in [3.05, 3.63) is 48.0 Å². The summed E-state index contributed by atoms with van der Waals surface area (Å²) in [5, 5.41) is 2.46. The fraction of sp³-hybridized carbons (Fsp3) is 0.231. The summed E-state index contributed by atoms with van der Waals surface area (Å²) in [7, 11) is 0. The van der Waals surface area contributed by atoms with Gasteiger partial charge in [-0.1, -0.05) is 18.2 Å². The lowest BCUT2D eigenvalue weighted by Crippen LogP contribution is -2.28. The van der Waals surface area contributed by atoms with Gasteiger partial charge in [0.25, 0.3) is 0 Å². The monoisotopic (exact) mass is 248 g/mol. The van der Waals surface area contributed by atoms with E-state index in [4.69, 9.17) is 10.5 Å². The van der Waals surface area contributed by atoms with E-state index in [-0.39, 0.29) is 5.97 Å². The van der Waals surface area contributed by atoms with Crippen LogP contribution in [0.1, 0.15) is 22.3 Å². The number of benzene rings is 1. The molecule has 0 aliphatic rings. The molecule has 96 valence electrons. The molecule has 0 radical (unpaired) electrons. The Morgan fingerprint density at radius 3 is 2.56 bits per heavy atom. The third-order valence-corrected chi connectivity index (χ3v) is 2.21. The Labute approximate surface area is 106 Å². The minimum atomic E-state index is -0.581. The molecule has 0 saturated carbocycles. The third-order valence-electron chi connectivity index (χ3n) is 2.21. The van der Waals surface area contributed by atoms with E-state index in [1.54, 1.807) is 30.3 Å². The van der Waals surface area contributed by atoms with Gasteiger partial charge in [-0.2, -0.15) is 0 Å². The number of nitrogens with one attached hydrogen (secondary N) is 1. The van der Waals surface area contributed by atoms with Crippen LogP contribution in [0.4, 0.5) is 4.79 Å². The number of amides is 2. The Morgan fingerprint density at radius 1 is 1.33 bits per heavy atom. The standard InChI is InChI=1S/C13H16N2O3/c1-2-3-8-18-12(16)11-6-4-10(5-7-11)9-15-13(14)17/h2,4-7H,1,3,8-9H2,(H3,14,15,17). The smallest absolute Gasteiger partial charge is 0.338 e. The van der Waals surface area contributed by atoms with Gasteiger partial charge in [-0.15, -0.1) is 6.58 Å². The molecule has 0 bridgehead atoms. The molecule has 1 aromatic rings. The third kappa shape index (κ3) is 4.69. The molecule has 0 spiro atoms. The topological polar surface area (TPSA) is 81.4 Å². The predicted molar refractivity (Wildman–Crippen MR) is 68.0 cm³/mol. The van der Waals surface area contributed by atoms with Crippen molar-refractivity contribution in [3.8, 4) is 0 Å². The molecule has 5 nitrogen and oxygen atoms in total. The summed E-state index contributed by atoms with van der Waals surface area (Å²) in [6, 6.07) is 6.19. The summed E-state index contributed by atoms with van der Waals surface area (Å²) >= 11 is 0. The van der Waals surface area contributed by atoms with Crippen LogP contribution in [0.15, 0.2) is 36.9 Å². The van der Waals surface area contributed by atoms with Gasteiger partial charge >= 0.3 is 12.0 Å². The van der Waals surface area contributed by atoms with E-state index in [1.807, 2.05) is 0 Å². The first-order valence-corrected chi connectivity index (χ1v) is 5.53. The zero-order valence-electron chi connectivity index (χ0n) is 10.0. The average Bonchev–Trinajstić information content (AvgIpc) is 2.37. The van der Waals surface area contributed by atoms with Crippen molar-refractivity contribution in [2.45, 2.75) is 13.0 Å².